The van der Waals surface area contributed by atoms with Gasteiger partial charge in [0.1, 0.15) is 11.9 Å². The fourth-order valence-electron chi connectivity index (χ4n) is 1.24. The predicted octanol–water partition coefficient (Wildman–Crippen LogP) is 1.39. The maximum absolute atomic E-state index is 13.1. The molecule has 0 unspecified atom stereocenters. The number of nitrogens with one attached hydrogen (secondary N) is 1. The van der Waals surface area contributed by atoms with E-state index in [-0.39, 0.29) is 17.0 Å². The van der Waals surface area contributed by atoms with E-state index in [9.17, 15) is 12.8 Å². The van der Waals surface area contributed by atoms with Crippen LogP contribution in [-0.2, 0) is 10.0 Å². The van der Waals surface area contributed by atoms with Gasteiger partial charge in [-0.1, -0.05) is 0 Å². The van der Waals surface area contributed by atoms with Crippen LogP contribution >= 0.6 is 0 Å². The number of terminal acetylenes is 1. The summed E-state index contributed by atoms with van der Waals surface area (Å²) in [6.45, 7) is 0.200. The summed E-state index contributed by atoms with van der Waals surface area (Å²) in [5.41, 5.74) is -0.304. The molecule has 1 N–H and O–H groups in total. The Morgan fingerprint density at radius 1 is 1.44 bits per heavy atom. The lowest BCUT2D eigenvalue weighted by Gasteiger charge is -2.06. The second kappa shape index (κ2) is 6.15. The second-order valence-corrected chi connectivity index (χ2v) is 5.23. The van der Waals surface area contributed by atoms with Crippen LogP contribution < -0.4 is 4.72 Å². The SMILES string of the molecule is C#CCCCNS(=O)(=O)c1ccc(F)c(C#N)c1. The molecular formula is C12H11FN2O2S. The average Bonchev–Trinajstić information content (AvgIpc) is 2.35. The molecule has 0 aliphatic carbocycles. The van der Waals surface area contributed by atoms with Crippen molar-refractivity contribution in [1.29, 1.82) is 5.26 Å². The van der Waals surface area contributed by atoms with Gasteiger partial charge >= 0.3 is 0 Å². The third-order valence-electron chi connectivity index (χ3n) is 2.16. The highest BCUT2D eigenvalue weighted by molar-refractivity contribution is 7.89. The van der Waals surface area contributed by atoms with Crippen LogP contribution in [0.1, 0.15) is 18.4 Å². The number of halogens is 1. The van der Waals surface area contributed by atoms with Crippen molar-refractivity contribution in [3.63, 3.8) is 0 Å². The third kappa shape index (κ3) is 3.56. The van der Waals surface area contributed by atoms with E-state index in [1.165, 1.54) is 0 Å². The topological polar surface area (TPSA) is 70.0 Å². The molecule has 0 saturated carbocycles. The summed E-state index contributed by atoms with van der Waals surface area (Å²) in [5.74, 6) is 1.65. The Bertz CT molecular complexity index is 612. The zero-order chi connectivity index (χ0) is 13.6. The van der Waals surface area contributed by atoms with E-state index in [2.05, 4.69) is 10.6 Å². The van der Waals surface area contributed by atoms with E-state index < -0.39 is 15.8 Å². The molecule has 94 valence electrons. The Balaban J connectivity index is 2.86. The minimum Gasteiger partial charge on any atom is -0.211 e. The van der Waals surface area contributed by atoms with Gasteiger partial charge in [-0.2, -0.15) is 5.26 Å². The van der Waals surface area contributed by atoms with Gasteiger partial charge in [0.05, 0.1) is 10.5 Å². The normalized spacial score (nSPS) is 10.6. The van der Waals surface area contributed by atoms with E-state index in [0.717, 1.165) is 18.2 Å². The second-order valence-electron chi connectivity index (χ2n) is 3.46. The number of hydrogen-bond donors (Lipinski definition) is 1. The van der Waals surface area contributed by atoms with Gasteiger partial charge in [0.15, 0.2) is 0 Å². The highest BCUT2D eigenvalue weighted by Gasteiger charge is 2.15. The Morgan fingerprint density at radius 2 is 2.17 bits per heavy atom. The summed E-state index contributed by atoms with van der Waals surface area (Å²) >= 11 is 0. The van der Waals surface area contributed by atoms with Crippen LogP contribution in [0.3, 0.4) is 0 Å². The Hall–Kier alpha value is -1.89. The Morgan fingerprint density at radius 3 is 2.78 bits per heavy atom. The Labute approximate surface area is 105 Å². The van der Waals surface area contributed by atoms with E-state index >= 15 is 0 Å². The summed E-state index contributed by atoms with van der Waals surface area (Å²) < 4.78 is 38.9. The zero-order valence-corrected chi connectivity index (χ0v) is 10.3. The molecule has 0 aromatic heterocycles. The molecule has 18 heavy (non-hydrogen) atoms. The highest BCUT2D eigenvalue weighted by Crippen LogP contribution is 2.14. The van der Waals surface area contributed by atoms with Crippen LogP contribution in [0.25, 0.3) is 0 Å². The molecule has 0 bridgehead atoms. The number of rotatable bonds is 5. The number of nitriles is 1. The van der Waals surface area contributed by atoms with Crippen LogP contribution in [0.2, 0.25) is 0 Å². The molecule has 0 aliphatic heterocycles. The highest BCUT2D eigenvalue weighted by atomic mass is 32.2. The molecule has 0 atom stereocenters. The maximum atomic E-state index is 13.1. The largest absolute Gasteiger partial charge is 0.240 e. The first-order valence-electron chi connectivity index (χ1n) is 5.14. The molecule has 1 rings (SSSR count). The number of unbranched alkanes of at least 4 members (excludes halogenated alkanes) is 1. The van der Waals surface area contributed by atoms with Gasteiger partial charge in [-0.25, -0.2) is 17.5 Å². The van der Waals surface area contributed by atoms with Gasteiger partial charge in [0.2, 0.25) is 10.0 Å². The van der Waals surface area contributed by atoms with Crippen LogP contribution in [0.15, 0.2) is 23.1 Å². The summed E-state index contributed by atoms with van der Waals surface area (Å²) in [5, 5.41) is 8.63. The molecule has 0 radical (unpaired) electrons. The van der Waals surface area contributed by atoms with Crippen molar-refractivity contribution in [2.45, 2.75) is 17.7 Å². The van der Waals surface area contributed by atoms with Crippen LogP contribution in [0, 0.1) is 29.5 Å². The van der Waals surface area contributed by atoms with Gasteiger partial charge in [-0.3, -0.25) is 0 Å². The summed E-state index contributed by atoms with van der Waals surface area (Å²) in [6, 6.07) is 4.65. The minimum absolute atomic E-state index is 0.138. The van der Waals surface area contributed by atoms with Gasteiger partial charge in [0.25, 0.3) is 0 Å². The predicted molar refractivity (Wildman–Crippen MR) is 64.4 cm³/mol. The van der Waals surface area contributed by atoms with E-state index in [4.69, 9.17) is 11.7 Å². The van der Waals surface area contributed by atoms with E-state index in [0.29, 0.717) is 12.8 Å². The minimum atomic E-state index is -3.73. The smallest absolute Gasteiger partial charge is 0.211 e. The monoisotopic (exact) mass is 266 g/mol. The summed E-state index contributed by atoms with van der Waals surface area (Å²) in [7, 11) is -3.73. The number of benzene rings is 1. The van der Waals surface area contributed by atoms with Gasteiger partial charge < -0.3 is 0 Å². The number of sulfonamides is 1. The van der Waals surface area contributed by atoms with Crippen molar-refractivity contribution in [3.05, 3.63) is 29.6 Å². The van der Waals surface area contributed by atoms with Crippen molar-refractivity contribution in [1.82, 2.24) is 4.72 Å². The lowest BCUT2D eigenvalue weighted by molar-refractivity contribution is 0.578. The maximum Gasteiger partial charge on any atom is 0.240 e. The molecule has 0 aliphatic rings. The van der Waals surface area contributed by atoms with Crippen molar-refractivity contribution >= 4 is 10.0 Å². The lowest BCUT2D eigenvalue weighted by Crippen LogP contribution is -2.24. The first-order chi connectivity index (χ1) is 8.51. The van der Waals surface area contributed by atoms with Gasteiger partial charge in [-0.15, -0.1) is 12.3 Å². The molecule has 6 heteroatoms. The van der Waals surface area contributed by atoms with Crippen LogP contribution in [0.4, 0.5) is 4.39 Å². The zero-order valence-electron chi connectivity index (χ0n) is 9.48. The molecule has 0 spiro atoms. The molecular weight excluding hydrogens is 255 g/mol. The molecule has 0 heterocycles. The summed E-state index contributed by atoms with van der Waals surface area (Å²) in [6.07, 6.45) is 6.02. The standard InChI is InChI=1S/C12H11FN2O2S/c1-2-3-4-7-15-18(16,17)11-5-6-12(13)10(8-11)9-14/h1,5-6,8,15H,3-4,7H2. The molecule has 1 aromatic carbocycles. The molecule has 4 nitrogen and oxygen atoms in total. The van der Waals surface area contributed by atoms with E-state index in [1.807, 2.05) is 0 Å². The number of nitrogens with zero attached hydrogens (tertiary/aromatic N) is 1. The first-order valence-corrected chi connectivity index (χ1v) is 6.62. The van der Waals surface area contributed by atoms with Gasteiger partial charge in [0, 0.05) is 13.0 Å². The average molecular weight is 266 g/mol. The summed E-state index contributed by atoms with van der Waals surface area (Å²) in [4.78, 5) is -0.138. The van der Waals surface area contributed by atoms with Crippen LogP contribution in [0.5, 0.6) is 0 Å². The van der Waals surface area contributed by atoms with Crippen molar-refractivity contribution in [3.8, 4) is 18.4 Å². The van der Waals surface area contributed by atoms with Gasteiger partial charge in [-0.05, 0) is 24.6 Å². The van der Waals surface area contributed by atoms with E-state index in [1.54, 1.807) is 6.07 Å². The fraction of sp³-hybridized carbons (Fsp3) is 0.250. The van der Waals surface area contributed by atoms with Crippen molar-refractivity contribution < 1.29 is 12.8 Å². The molecule has 0 saturated heterocycles. The van der Waals surface area contributed by atoms with Crippen LogP contribution in [-0.4, -0.2) is 15.0 Å². The lowest BCUT2D eigenvalue weighted by atomic mass is 10.2. The third-order valence-corrected chi connectivity index (χ3v) is 3.62. The first kappa shape index (κ1) is 14.2. The molecule has 1 aromatic rings. The quantitative estimate of drug-likeness (QED) is 0.646. The fourth-order valence-corrected chi connectivity index (χ4v) is 2.34. The van der Waals surface area contributed by atoms with Crippen molar-refractivity contribution in [2.24, 2.45) is 0 Å². The number of hydrogen-bond acceptors (Lipinski definition) is 3. The molecule has 0 amide bonds. The Kier molecular flexibility index (Phi) is 4.85. The molecule has 0 fully saturated rings. The van der Waals surface area contributed by atoms with Crippen molar-refractivity contribution in [2.75, 3.05) is 6.54 Å².